The van der Waals surface area contributed by atoms with Crippen LogP contribution in [-0.2, 0) is 12.0 Å². The fourth-order valence-corrected chi connectivity index (χ4v) is 2.59. The number of nitrogens with zero attached hydrogens (tertiary/aromatic N) is 2. The summed E-state index contributed by atoms with van der Waals surface area (Å²) in [6.45, 7) is 11.8. The van der Waals surface area contributed by atoms with Crippen LogP contribution in [0.15, 0.2) is 24.3 Å². The largest absolute Gasteiger partial charge is 0.383 e. The summed E-state index contributed by atoms with van der Waals surface area (Å²) in [7, 11) is 0. The van der Waals surface area contributed by atoms with Crippen molar-refractivity contribution in [1.29, 1.82) is 0 Å². The number of nitrogen functional groups attached to an aromatic ring is 1. The Balaban J connectivity index is 2.55. The number of benzene rings is 1. The fraction of sp³-hybridized carbons (Fsp3) is 0.500. The standard InChI is InChI=1S/C18H27N3/c1-6-7-11-21-16(19)15(20-17(21)18(3,4)5)14-10-8-9-13(2)12-14/h8-10,12H,6-7,11,19H2,1-5H3. The predicted molar refractivity (Wildman–Crippen MR) is 90.4 cm³/mol. The van der Waals surface area contributed by atoms with Gasteiger partial charge in [-0.25, -0.2) is 4.98 Å². The van der Waals surface area contributed by atoms with E-state index in [0.717, 1.165) is 42.3 Å². The van der Waals surface area contributed by atoms with Crippen molar-refractivity contribution in [2.45, 2.75) is 59.4 Å². The molecule has 0 unspecified atom stereocenters. The second kappa shape index (κ2) is 5.92. The minimum atomic E-state index is -0.00998. The van der Waals surface area contributed by atoms with Gasteiger partial charge in [0.05, 0.1) is 0 Å². The molecule has 0 saturated heterocycles. The van der Waals surface area contributed by atoms with Crippen molar-refractivity contribution in [2.75, 3.05) is 5.73 Å². The Bertz CT molecular complexity index is 618. The van der Waals surface area contributed by atoms with Crippen molar-refractivity contribution in [3.05, 3.63) is 35.7 Å². The van der Waals surface area contributed by atoms with Gasteiger partial charge >= 0.3 is 0 Å². The zero-order valence-corrected chi connectivity index (χ0v) is 13.9. The fourth-order valence-electron chi connectivity index (χ4n) is 2.59. The number of hydrogen-bond acceptors (Lipinski definition) is 2. The highest BCUT2D eigenvalue weighted by molar-refractivity contribution is 5.71. The maximum atomic E-state index is 6.42. The molecule has 2 aromatic rings. The molecular weight excluding hydrogens is 258 g/mol. The van der Waals surface area contributed by atoms with Gasteiger partial charge in [0.2, 0.25) is 0 Å². The number of aryl methyl sites for hydroxylation is 1. The highest BCUT2D eigenvalue weighted by Crippen LogP contribution is 2.32. The van der Waals surface area contributed by atoms with Gasteiger partial charge in [0.25, 0.3) is 0 Å². The van der Waals surface area contributed by atoms with E-state index in [2.05, 4.69) is 63.5 Å². The zero-order valence-electron chi connectivity index (χ0n) is 13.9. The molecular formula is C18H27N3. The molecule has 0 amide bonds. The van der Waals surface area contributed by atoms with Gasteiger partial charge in [-0.3, -0.25) is 0 Å². The lowest BCUT2D eigenvalue weighted by Crippen LogP contribution is -2.20. The van der Waals surface area contributed by atoms with Crippen LogP contribution in [0.1, 0.15) is 51.9 Å². The zero-order chi connectivity index (χ0) is 15.6. The lowest BCUT2D eigenvalue weighted by molar-refractivity contribution is 0.491. The summed E-state index contributed by atoms with van der Waals surface area (Å²) in [5.41, 5.74) is 9.66. The maximum Gasteiger partial charge on any atom is 0.131 e. The molecule has 1 heterocycles. The summed E-state index contributed by atoms with van der Waals surface area (Å²) in [4.78, 5) is 4.88. The lowest BCUT2D eigenvalue weighted by atomic mass is 9.95. The van der Waals surface area contributed by atoms with Crippen LogP contribution in [-0.4, -0.2) is 9.55 Å². The van der Waals surface area contributed by atoms with E-state index < -0.39 is 0 Å². The van der Waals surface area contributed by atoms with Crippen LogP contribution in [0.2, 0.25) is 0 Å². The molecule has 0 atom stereocenters. The molecule has 0 spiro atoms. The van der Waals surface area contributed by atoms with E-state index in [1.807, 2.05) is 0 Å². The Labute approximate surface area is 128 Å². The first-order chi connectivity index (χ1) is 9.84. The van der Waals surface area contributed by atoms with E-state index in [9.17, 15) is 0 Å². The summed E-state index contributed by atoms with van der Waals surface area (Å²) in [6.07, 6.45) is 2.28. The van der Waals surface area contributed by atoms with Gasteiger partial charge in [-0.05, 0) is 19.4 Å². The van der Waals surface area contributed by atoms with E-state index in [-0.39, 0.29) is 5.41 Å². The number of aromatic nitrogens is 2. The molecule has 3 nitrogen and oxygen atoms in total. The Hall–Kier alpha value is -1.77. The SMILES string of the molecule is CCCCn1c(C(C)(C)C)nc(-c2cccc(C)c2)c1N. The summed E-state index contributed by atoms with van der Waals surface area (Å²) in [6, 6.07) is 8.39. The van der Waals surface area contributed by atoms with Gasteiger partial charge in [-0.2, -0.15) is 0 Å². The Morgan fingerprint density at radius 3 is 2.52 bits per heavy atom. The van der Waals surface area contributed by atoms with Gasteiger partial charge in [0, 0.05) is 17.5 Å². The minimum Gasteiger partial charge on any atom is -0.383 e. The molecule has 0 bridgehead atoms. The number of anilines is 1. The second-order valence-corrected chi connectivity index (χ2v) is 6.79. The van der Waals surface area contributed by atoms with Crippen molar-refractivity contribution in [3.63, 3.8) is 0 Å². The van der Waals surface area contributed by atoms with E-state index in [4.69, 9.17) is 10.7 Å². The topological polar surface area (TPSA) is 43.8 Å². The highest BCUT2D eigenvalue weighted by atomic mass is 15.1. The highest BCUT2D eigenvalue weighted by Gasteiger charge is 2.25. The van der Waals surface area contributed by atoms with Crippen molar-refractivity contribution in [1.82, 2.24) is 9.55 Å². The molecule has 0 fully saturated rings. The monoisotopic (exact) mass is 285 g/mol. The minimum absolute atomic E-state index is 0.00998. The molecule has 0 radical (unpaired) electrons. The van der Waals surface area contributed by atoms with Crippen molar-refractivity contribution >= 4 is 5.82 Å². The van der Waals surface area contributed by atoms with Crippen LogP contribution in [0.25, 0.3) is 11.3 Å². The Morgan fingerprint density at radius 1 is 1.24 bits per heavy atom. The van der Waals surface area contributed by atoms with Gasteiger partial charge < -0.3 is 10.3 Å². The third-order valence-corrected chi connectivity index (χ3v) is 3.70. The van der Waals surface area contributed by atoms with Crippen molar-refractivity contribution in [3.8, 4) is 11.3 Å². The molecule has 0 aliphatic carbocycles. The molecule has 114 valence electrons. The van der Waals surface area contributed by atoms with Crippen LogP contribution >= 0.6 is 0 Å². The maximum absolute atomic E-state index is 6.42. The Morgan fingerprint density at radius 2 is 1.95 bits per heavy atom. The van der Waals surface area contributed by atoms with Crippen molar-refractivity contribution < 1.29 is 0 Å². The molecule has 2 rings (SSSR count). The molecule has 0 aliphatic rings. The second-order valence-electron chi connectivity index (χ2n) is 6.79. The van der Waals surface area contributed by atoms with Gasteiger partial charge in [-0.15, -0.1) is 0 Å². The van der Waals surface area contributed by atoms with Crippen molar-refractivity contribution in [2.24, 2.45) is 0 Å². The van der Waals surface area contributed by atoms with Crippen LogP contribution in [0.3, 0.4) is 0 Å². The van der Waals surface area contributed by atoms with Gasteiger partial charge in [0.15, 0.2) is 0 Å². The quantitative estimate of drug-likeness (QED) is 0.896. The van der Waals surface area contributed by atoms with E-state index in [1.165, 1.54) is 5.56 Å². The molecule has 2 N–H and O–H groups in total. The molecule has 3 heteroatoms. The molecule has 1 aromatic heterocycles. The predicted octanol–water partition coefficient (Wildman–Crippen LogP) is 4.54. The third-order valence-electron chi connectivity index (χ3n) is 3.70. The van der Waals surface area contributed by atoms with E-state index in [1.54, 1.807) is 0 Å². The first kappa shape index (κ1) is 15.6. The summed E-state index contributed by atoms with van der Waals surface area (Å²) < 4.78 is 2.20. The molecule has 0 saturated carbocycles. The van der Waals surface area contributed by atoms with Gasteiger partial charge in [0.1, 0.15) is 17.3 Å². The van der Waals surface area contributed by atoms with E-state index in [0.29, 0.717) is 0 Å². The number of unbranched alkanes of at least 4 members (excludes halogenated alkanes) is 1. The smallest absolute Gasteiger partial charge is 0.131 e. The molecule has 21 heavy (non-hydrogen) atoms. The first-order valence-corrected chi connectivity index (χ1v) is 7.78. The van der Waals surface area contributed by atoms with Crippen LogP contribution in [0, 0.1) is 6.92 Å². The van der Waals surface area contributed by atoms with Crippen LogP contribution < -0.4 is 5.73 Å². The average molecular weight is 285 g/mol. The summed E-state index contributed by atoms with van der Waals surface area (Å²) in [5, 5.41) is 0. The summed E-state index contributed by atoms with van der Waals surface area (Å²) >= 11 is 0. The number of imidazole rings is 1. The van der Waals surface area contributed by atoms with E-state index >= 15 is 0 Å². The van der Waals surface area contributed by atoms with Crippen LogP contribution in [0.4, 0.5) is 5.82 Å². The summed E-state index contributed by atoms with van der Waals surface area (Å²) in [5.74, 6) is 1.86. The first-order valence-electron chi connectivity index (χ1n) is 7.78. The van der Waals surface area contributed by atoms with Crippen LogP contribution in [0.5, 0.6) is 0 Å². The Kier molecular flexibility index (Phi) is 4.40. The number of rotatable bonds is 4. The molecule has 1 aromatic carbocycles. The number of hydrogen-bond donors (Lipinski definition) is 1. The lowest BCUT2D eigenvalue weighted by Gasteiger charge is -2.20. The average Bonchev–Trinajstić information content (AvgIpc) is 2.73. The third kappa shape index (κ3) is 3.29. The molecule has 0 aliphatic heterocycles. The normalized spacial score (nSPS) is 11.9. The van der Waals surface area contributed by atoms with Gasteiger partial charge in [-0.1, -0.05) is 57.9 Å². The number of nitrogens with two attached hydrogens (primary N) is 1.